The normalized spacial score (nSPS) is 16.9. The fourth-order valence-electron chi connectivity index (χ4n) is 3.91. The Kier molecular flexibility index (Phi) is 4.88. The van der Waals surface area contributed by atoms with E-state index in [1.807, 2.05) is 53.4 Å². The molecular formula is C22H23N3O3. The Hall–Kier alpha value is -3.12. The van der Waals surface area contributed by atoms with Crippen LogP contribution in [-0.2, 0) is 7.05 Å². The zero-order valence-electron chi connectivity index (χ0n) is 16.0. The summed E-state index contributed by atoms with van der Waals surface area (Å²) in [5.74, 6) is 0.620. The van der Waals surface area contributed by atoms with Crippen LogP contribution in [0.25, 0.3) is 10.9 Å². The molecule has 1 amide bonds. The lowest BCUT2D eigenvalue weighted by molar-refractivity contribution is 0.0633. The van der Waals surface area contributed by atoms with Crippen molar-refractivity contribution in [1.29, 1.82) is 0 Å². The molecule has 4 rings (SSSR count). The number of carbonyl (C=O) groups excluding carboxylic acids is 1. The molecule has 6 nitrogen and oxygen atoms in total. The van der Waals surface area contributed by atoms with Crippen LogP contribution in [0.1, 0.15) is 22.0 Å². The van der Waals surface area contributed by atoms with Crippen molar-refractivity contribution in [1.82, 2.24) is 14.8 Å². The summed E-state index contributed by atoms with van der Waals surface area (Å²) in [6.07, 6.45) is 0. The van der Waals surface area contributed by atoms with E-state index in [1.54, 1.807) is 18.7 Å². The van der Waals surface area contributed by atoms with Crippen molar-refractivity contribution in [3.05, 3.63) is 76.1 Å². The molecule has 6 heteroatoms. The van der Waals surface area contributed by atoms with Crippen LogP contribution >= 0.6 is 0 Å². The molecule has 0 bridgehead atoms. The molecule has 1 aromatic heterocycles. The number of ether oxygens (including phenoxy) is 1. The third kappa shape index (κ3) is 3.05. The van der Waals surface area contributed by atoms with Gasteiger partial charge in [-0.1, -0.05) is 36.4 Å². The van der Waals surface area contributed by atoms with Gasteiger partial charge in [-0.3, -0.25) is 9.59 Å². The highest BCUT2D eigenvalue weighted by Crippen LogP contribution is 2.31. The summed E-state index contributed by atoms with van der Waals surface area (Å²) in [5, 5.41) is 4.15. The van der Waals surface area contributed by atoms with Crippen LogP contribution in [0, 0.1) is 0 Å². The highest BCUT2D eigenvalue weighted by atomic mass is 16.5. The fraction of sp³-hybridized carbons (Fsp3) is 0.273. The first-order valence-electron chi connectivity index (χ1n) is 9.35. The van der Waals surface area contributed by atoms with Gasteiger partial charge in [-0.2, -0.15) is 0 Å². The maximum Gasteiger partial charge on any atom is 0.255 e. The number of methoxy groups -OCH3 is 1. The van der Waals surface area contributed by atoms with E-state index < -0.39 is 0 Å². The number of hydrogen-bond acceptors (Lipinski definition) is 4. The zero-order chi connectivity index (χ0) is 19.7. The van der Waals surface area contributed by atoms with Gasteiger partial charge in [-0.25, -0.2) is 0 Å². The molecule has 1 N–H and O–H groups in total. The van der Waals surface area contributed by atoms with Gasteiger partial charge in [-0.15, -0.1) is 0 Å². The van der Waals surface area contributed by atoms with Gasteiger partial charge in [0, 0.05) is 43.7 Å². The van der Waals surface area contributed by atoms with E-state index in [1.165, 1.54) is 6.07 Å². The highest BCUT2D eigenvalue weighted by molar-refractivity contribution is 6.06. The summed E-state index contributed by atoms with van der Waals surface area (Å²) in [6.45, 7) is 1.90. The number of amides is 1. The largest absolute Gasteiger partial charge is 0.496 e. The lowest BCUT2D eigenvalue weighted by atomic mass is 10.00. The Morgan fingerprint density at radius 1 is 1.14 bits per heavy atom. The first-order chi connectivity index (χ1) is 13.6. The molecule has 1 aliphatic rings. The van der Waals surface area contributed by atoms with Crippen molar-refractivity contribution in [2.45, 2.75) is 6.04 Å². The van der Waals surface area contributed by atoms with Crippen LogP contribution in [0.4, 0.5) is 0 Å². The number of pyridine rings is 1. The van der Waals surface area contributed by atoms with Gasteiger partial charge >= 0.3 is 0 Å². The van der Waals surface area contributed by atoms with E-state index in [2.05, 4.69) is 5.32 Å². The Morgan fingerprint density at radius 3 is 2.71 bits per heavy atom. The number of carbonyl (C=O) groups is 1. The molecule has 28 heavy (non-hydrogen) atoms. The van der Waals surface area contributed by atoms with E-state index >= 15 is 0 Å². The standard InChI is InChI=1S/C22H23N3O3/c1-24-18-9-5-3-7-15(18)17(13-21(24)26)22(27)25-12-11-23-14-19(25)16-8-4-6-10-20(16)28-2/h3-10,13,19,23H,11-12,14H2,1-2H3. The van der Waals surface area contributed by atoms with Crippen LogP contribution < -0.4 is 15.6 Å². The lowest BCUT2D eigenvalue weighted by Gasteiger charge is -2.37. The third-order valence-corrected chi connectivity index (χ3v) is 5.39. The van der Waals surface area contributed by atoms with E-state index in [0.29, 0.717) is 25.2 Å². The van der Waals surface area contributed by atoms with Gasteiger partial charge in [0.2, 0.25) is 0 Å². The number of fused-ring (bicyclic) bond motifs is 1. The Balaban J connectivity index is 1.81. The first-order valence-corrected chi connectivity index (χ1v) is 9.35. The summed E-state index contributed by atoms with van der Waals surface area (Å²) in [6, 6.07) is 16.6. The number of nitrogens with zero attached hydrogens (tertiary/aromatic N) is 2. The number of piperazine rings is 1. The highest BCUT2D eigenvalue weighted by Gasteiger charge is 2.31. The van der Waals surface area contributed by atoms with Gasteiger partial charge in [0.25, 0.3) is 11.5 Å². The maximum absolute atomic E-state index is 13.6. The van der Waals surface area contributed by atoms with Crippen LogP contribution in [0.3, 0.4) is 0 Å². The van der Waals surface area contributed by atoms with Crippen molar-refractivity contribution in [2.24, 2.45) is 7.05 Å². The SMILES string of the molecule is COc1ccccc1C1CNCCN1C(=O)c1cc(=O)n(C)c2ccccc12. The average molecular weight is 377 g/mol. The van der Waals surface area contributed by atoms with Gasteiger partial charge in [0.1, 0.15) is 5.75 Å². The summed E-state index contributed by atoms with van der Waals surface area (Å²) in [4.78, 5) is 27.9. The Bertz CT molecular complexity index is 1090. The van der Waals surface area contributed by atoms with E-state index in [9.17, 15) is 9.59 Å². The molecule has 0 spiro atoms. The van der Waals surface area contributed by atoms with Crippen molar-refractivity contribution >= 4 is 16.8 Å². The van der Waals surface area contributed by atoms with Gasteiger partial charge in [-0.05, 0) is 12.1 Å². The molecule has 1 aliphatic heterocycles. The topological polar surface area (TPSA) is 63.6 Å². The number of para-hydroxylation sites is 2. The molecule has 1 atom stereocenters. The van der Waals surface area contributed by atoms with Crippen LogP contribution in [0.15, 0.2) is 59.4 Å². The van der Waals surface area contributed by atoms with Crippen molar-refractivity contribution < 1.29 is 9.53 Å². The predicted molar refractivity (Wildman–Crippen MR) is 109 cm³/mol. The number of aryl methyl sites for hydroxylation is 1. The van der Waals surface area contributed by atoms with Crippen molar-refractivity contribution in [3.8, 4) is 5.75 Å². The smallest absolute Gasteiger partial charge is 0.255 e. The molecule has 2 heterocycles. The lowest BCUT2D eigenvalue weighted by Crippen LogP contribution is -2.49. The van der Waals surface area contributed by atoms with Crippen LogP contribution in [0.5, 0.6) is 5.75 Å². The fourth-order valence-corrected chi connectivity index (χ4v) is 3.91. The number of hydrogen-bond donors (Lipinski definition) is 1. The minimum absolute atomic E-state index is 0.133. The summed E-state index contributed by atoms with van der Waals surface area (Å²) >= 11 is 0. The van der Waals surface area contributed by atoms with Gasteiger partial charge in [0.05, 0.1) is 24.2 Å². The van der Waals surface area contributed by atoms with Gasteiger partial charge in [0.15, 0.2) is 0 Å². The predicted octanol–water partition coefficient (Wildman–Crippen LogP) is 2.33. The molecule has 3 aromatic rings. The van der Waals surface area contributed by atoms with Gasteiger partial charge < -0.3 is 19.5 Å². The number of nitrogens with one attached hydrogen (secondary N) is 1. The molecule has 0 aliphatic carbocycles. The molecule has 1 fully saturated rings. The monoisotopic (exact) mass is 377 g/mol. The minimum Gasteiger partial charge on any atom is -0.496 e. The third-order valence-electron chi connectivity index (χ3n) is 5.39. The molecule has 0 radical (unpaired) electrons. The quantitative estimate of drug-likeness (QED) is 0.761. The molecule has 1 saturated heterocycles. The minimum atomic E-state index is -0.189. The summed E-state index contributed by atoms with van der Waals surface area (Å²) < 4.78 is 7.09. The second-order valence-electron chi connectivity index (χ2n) is 6.93. The summed E-state index contributed by atoms with van der Waals surface area (Å²) in [7, 11) is 3.36. The number of benzene rings is 2. The number of rotatable bonds is 3. The second-order valence-corrected chi connectivity index (χ2v) is 6.93. The van der Waals surface area contributed by atoms with Crippen LogP contribution in [-0.4, -0.2) is 42.1 Å². The Labute approximate surface area is 163 Å². The van der Waals surface area contributed by atoms with Crippen molar-refractivity contribution in [2.75, 3.05) is 26.7 Å². The molecule has 2 aromatic carbocycles. The van der Waals surface area contributed by atoms with E-state index in [0.717, 1.165) is 22.2 Å². The van der Waals surface area contributed by atoms with Crippen molar-refractivity contribution in [3.63, 3.8) is 0 Å². The molecule has 1 unspecified atom stereocenters. The first kappa shape index (κ1) is 18.3. The summed E-state index contributed by atoms with van der Waals surface area (Å²) in [5.41, 5.74) is 1.97. The average Bonchev–Trinajstić information content (AvgIpc) is 2.75. The van der Waals surface area contributed by atoms with E-state index in [4.69, 9.17) is 4.74 Å². The molecular weight excluding hydrogens is 354 g/mol. The maximum atomic E-state index is 13.6. The second kappa shape index (κ2) is 7.48. The molecule has 0 saturated carbocycles. The number of aromatic nitrogens is 1. The van der Waals surface area contributed by atoms with E-state index in [-0.39, 0.29) is 17.5 Å². The van der Waals surface area contributed by atoms with Crippen LogP contribution in [0.2, 0.25) is 0 Å². The molecule has 144 valence electrons. The zero-order valence-corrected chi connectivity index (χ0v) is 16.0. The Morgan fingerprint density at radius 2 is 1.89 bits per heavy atom.